The first-order chi connectivity index (χ1) is 64.5. The molecule has 0 atom stereocenters. The van der Waals surface area contributed by atoms with Gasteiger partial charge in [-0.15, -0.1) is 0 Å². The average molecular weight is 1660 g/mol. The molecular formula is C118H76N12. The number of hydrogen-bond donors (Lipinski definition) is 0. The van der Waals surface area contributed by atoms with E-state index in [2.05, 4.69) is 396 Å². The number of aromatic nitrogens is 12. The van der Waals surface area contributed by atoms with Crippen molar-refractivity contribution in [1.29, 1.82) is 0 Å². The molecule has 0 aliphatic heterocycles. The SMILES string of the molecule is c1ccc(-c2nc(-c3ccccc3)nc(-n3c4ccccc4c4ccc(-c5cccc6c5c5cnccc5n6-c5ccccc5)cc43)n2)cc1.c1ccc(-n2c3ccccc3c3ccc(-c4cccc5c4c4ncccc4n5-c4ccccc4)cc32)cc1.c1ccc(-n2c3cccnc3c3c(-c4ccc5c6ccccc6n(-c6ccc7ccccc7c6)c5c4)cccc32)cc1. The summed E-state index contributed by atoms with van der Waals surface area (Å²) in [6.45, 7) is 0. The van der Waals surface area contributed by atoms with Crippen LogP contribution in [-0.4, -0.2) is 57.3 Å². The van der Waals surface area contributed by atoms with Gasteiger partial charge in [-0.3, -0.25) is 19.5 Å². The number of pyridine rings is 3. The summed E-state index contributed by atoms with van der Waals surface area (Å²) in [4.78, 5) is 29.6. The van der Waals surface area contributed by atoms with Crippen molar-refractivity contribution in [3.05, 3.63) is 462 Å². The second-order valence-electron chi connectivity index (χ2n) is 32.9. The first kappa shape index (κ1) is 74.8. The Morgan fingerprint density at radius 3 is 0.977 bits per heavy atom. The molecule has 10 aromatic heterocycles. The average Bonchev–Trinajstić information content (AvgIpc) is 1.56. The fraction of sp³-hybridized carbons (Fsp3) is 0. The van der Waals surface area contributed by atoms with E-state index in [4.69, 9.17) is 24.9 Å². The van der Waals surface area contributed by atoms with E-state index >= 15 is 0 Å². The zero-order chi connectivity index (χ0) is 85.7. The molecule has 0 unspecified atom stereocenters. The Morgan fingerprint density at radius 2 is 0.515 bits per heavy atom. The van der Waals surface area contributed by atoms with Crippen molar-refractivity contribution in [1.82, 2.24) is 57.3 Å². The van der Waals surface area contributed by atoms with Crippen LogP contribution in [0.4, 0.5) is 0 Å². The van der Waals surface area contributed by atoms with Gasteiger partial charge in [0.2, 0.25) is 5.95 Å². The number of hydrogen-bond acceptors (Lipinski definition) is 6. The number of rotatable bonds is 11. The number of nitrogens with zero attached hydrogens (tertiary/aromatic N) is 12. The highest BCUT2D eigenvalue weighted by Crippen LogP contribution is 2.46. The highest BCUT2D eigenvalue weighted by molar-refractivity contribution is 6.20. The summed E-state index contributed by atoms with van der Waals surface area (Å²) < 4.78 is 13.9. The second-order valence-corrected chi connectivity index (χ2v) is 32.9. The fourth-order valence-corrected chi connectivity index (χ4v) is 19.9. The van der Waals surface area contributed by atoms with Crippen molar-refractivity contribution in [2.45, 2.75) is 0 Å². The van der Waals surface area contributed by atoms with Gasteiger partial charge in [-0.1, -0.05) is 291 Å². The molecule has 0 bridgehead atoms. The highest BCUT2D eigenvalue weighted by Gasteiger charge is 2.26. The van der Waals surface area contributed by atoms with Crippen LogP contribution in [0.25, 0.3) is 232 Å². The standard InChI is InChI=1S/C44H28N6.C39H25N3.C35H23N3/c1-4-13-29(14-5-1)42-46-43(30-15-6-2-7-16-30)48-44(47-42)50-37-21-11-10-19-34(37)35-24-23-31(27-40(35)50)33-20-12-22-39-41(33)36-28-45-26-25-38(36)49(39)32-17-8-3-9-18-32;1-2-12-29(13-3-1)41-35-17-8-15-31(38(35)39-36(41)18-9-23-40-39)28-20-22-33-32-14-6-7-16-34(32)42(37(33)25-28)30-21-19-26-10-4-5-11-27(26)24-30;1-3-11-25(12-4-1)37-30-17-8-7-15-28(30)29-21-20-24(23-33(29)37)27-16-9-18-31-34(27)35-32(19-10-22-36-35)38(31)26-13-5-2-6-14-26/h1-28H;1-25H;1-23H. The lowest BCUT2D eigenvalue weighted by atomic mass is 9.98. The molecule has 0 saturated carbocycles. The minimum atomic E-state index is 0.573. The molecule has 12 nitrogen and oxygen atoms in total. The Balaban J connectivity index is 0.000000106. The van der Waals surface area contributed by atoms with Crippen LogP contribution in [-0.2, 0) is 0 Å². The molecule has 0 aliphatic carbocycles. The van der Waals surface area contributed by atoms with Crippen LogP contribution in [0.1, 0.15) is 0 Å². The van der Waals surface area contributed by atoms with E-state index in [0.29, 0.717) is 17.6 Å². The summed E-state index contributed by atoms with van der Waals surface area (Å²) in [7, 11) is 0. The van der Waals surface area contributed by atoms with Crippen molar-refractivity contribution in [2.75, 3.05) is 0 Å². The van der Waals surface area contributed by atoms with Crippen molar-refractivity contribution >= 4 is 142 Å². The maximum Gasteiger partial charge on any atom is 0.238 e. The molecule has 17 aromatic carbocycles. The number of fused-ring (bicyclic) bond motifs is 19. The van der Waals surface area contributed by atoms with Gasteiger partial charge >= 0.3 is 0 Å². The molecule has 0 saturated heterocycles. The topological polar surface area (TPSA) is 107 Å². The zero-order valence-corrected chi connectivity index (χ0v) is 70.2. The third-order valence-electron chi connectivity index (χ3n) is 25.6. The van der Waals surface area contributed by atoms with Gasteiger partial charge in [-0.2, -0.15) is 9.97 Å². The minimum Gasteiger partial charge on any atom is -0.309 e. The molecular weight excluding hydrogens is 1590 g/mol. The van der Waals surface area contributed by atoms with Gasteiger partial charge in [-0.05, 0) is 190 Å². The monoisotopic (exact) mass is 1660 g/mol. The van der Waals surface area contributed by atoms with Gasteiger partial charge in [0, 0.05) is 118 Å². The molecule has 0 spiro atoms. The maximum atomic E-state index is 5.13. The maximum absolute atomic E-state index is 5.13. The van der Waals surface area contributed by atoms with Gasteiger partial charge in [0.1, 0.15) is 0 Å². The Morgan fingerprint density at radius 1 is 0.177 bits per heavy atom. The van der Waals surface area contributed by atoms with Crippen molar-refractivity contribution in [2.24, 2.45) is 0 Å². The molecule has 27 rings (SSSR count). The van der Waals surface area contributed by atoms with E-state index in [0.717, 1.165) is 122 Å². The van der Waals surface area contributed by atoms with Gasteiger partial charge in [0.25, 0.3) is 0 Å². The fourth-order valence-electron chi connectivity index (χ4n) is 19.9. The van der Waals surface area contributed by atoms with Crippen molar-refractivity contribution in [3.8, 4) is 90.5 Å². The smallest absolute Gasteiger partial charge is 0.238 e. The third-order valence-corrected chi connectivity index (χ3v) is 25.6. The molecule has 10 heterocycles. The summed E-state index contributed by atoms with van der Waals surface area (Å²) in [5.41, 5.74) is 30.3. The van der Waals surface area contributed by atoms with E-state index in [1.165, 1.54) is 92.8 Å². The molecule has 0 amide bonds. The molecule has 0 N–H and O–H groups in total. The summed E-state index contributed by atoms with van der Waals surface area (Å²) in [6, 6.07) is 154. The predicted octanol–water partition coefficient (Wildman–Crippen LogP) is 29.5. The van der Waals surface area contributed by atoms with E-state index in [9.17, 15) is 0 Å². The summed E-state index contributed by atoms with van der Waals surface area (Å²) in [5, 5.41) is 14.4. The van der Waals surface area contributed by atoms with Crippen molar-refractivity contribution in [3.63, 3.8) is 0 Å². The third kappa shape index (κ3) is 12.4. The lowest BCUT2D eigenvalue weighted by molar-refractivity contribution is 0.953. The Bertz CT molecular complexity index is 9050. The summed E-state index contributed by atoms with van der Waals surface area (Å²) in [5.74, 6) is 1.83. The highest BCUT2D eigenvalue weighted by atomic mass is 15.2. The molecule has 0 fully saturated rings. The van der Waals surface area contributed by atoms with Crippen molar-refractivity contribution < 1.29 is 0 Å². The van der Waals surface area contributed by atoms with E-state index in [1.807, 2.05) is 97.6 Å². The van der Waals surface area contributed by atoms with E-state index in [-0.39, 0.29) is 0 Å². The predicted molar refractivity (Wildman–Crippen MR) is 537 cm³/mol. The van der Waals surface area contributed by atoms with Crippen LogP contribution in [0.2, 0.25) is 0 Å². The minimum absolute atomic E-state index is 0.573. The van der Waals surface area contributed by atoms with E-state index in [1.54, 1.807) is 0 Å². The van der Waals surface area contributed by atoms with Gasteiger partial charge < -0.3 is 22.8 Å². The van der Waals surface area contributed by atoms with Crippen LogP contribution in [0.3, 0.4) is 0 Å². The normalized spacial score (nSPS) is 11.7. The van der Waals surface area contributed by atoms with Crippen LogP contribution in [0.5, 0.6) is 0 Å². The van der Waals surface area contributed by atoms with Crippen LogP contribution < -0.4 is 0 Å². The van der Waals surface area contributed by atoms with Crippen LogP contribution in [0.15, 0.2) is 462 Å². The molecule has 608 valence electrons. The number of benzene rings is 17. The molecule has 27 aromatic rings. The van der Waals surface area contributed by atoms with Gasteiger partial charge in [0.05, 0.1) is 77.2 Å². The quantitative estimate of drug-likeness (QED) is 0.128. The van der Waals surface area contributed by atoms with Gasteiger partial charge in [-0.25, -0.2) is 4.98 Å². The lowest BCUT2D eigenvalue weighted by Crippen LogP contribution is -2.06. The second kappa shape index (κ2) is 31.2. The Kier molecular flexibility index (Phi) is 18.0. The summed E-state index contributed by atoms with van der Waals surface area (Å²) in [6.07, 6.45) is 7.64. The van der Waals surface area contributed by atoms with Crippen LogP contribution >= 0.6 is 0 Å². The molecule has 12 heteroatoms. The first-order valence-corrected chi connectivity index (χ1v) is 43.9. The van der Waals surface area contributed by atoms with Crippen LogP contribution in [0, 0.1) is 0 Å². The first-order valence-electron chi connectivity index (χ1n) is 43.9. The van der Waals surface area contributed by atoms with E-state index < -0.39 is 0 Å². The lowest BCUT2D eigenvalue weighted by Gasteiger charge is -2.12. The zero-order valence-electron chi connectivity index (χ0n) is 70.2. The molecule has 130 heavy (non-hydrogen) atoms. The Hall–Kier alpha value is -17.7. The summed E-state index contributed by atoms with van der Waals surface area (Å²) >= 11 is 0. The molecule has 0 aliphatic rings. The largest absolute Gasteiger partial charge is 0.309 e. The Labute approximate surface area is 746 Å². The number of para-hydroxylation sites is 7. The molecule has 0 radical (unpaired) electrons. The van der Waals surface area contributed by atoms with Gasteiger partial charge in [0.15, 0.2) is 11.6 Å².